The lowest BCUT2D eigenvalue weighted by atomic mass is 10.2. The van der Waals surface area contributed by atoms with E-state index in [1.165, 1.54) is 4.68 Å². The minimum atomic E-state index is -0.332. The number of carbonyl (C=O) groups is 1. The first-order valence-corrected chi connectivity index (χ1v) is 10.8. The van der Waals surface area contributed by atoms with Crippen LogP contribution in [0, 0.1) is 0 Å². The Labute approximate surface area is 189 Å². The Morgan fingerprint density at radius 2 is 2.03 bits per heavy atom. The van der Waals surface area contributed by atoms with Crippen molar-refractivity contribution < 1.29 is 13.9 Å². The van der Waals surface area contributed by atoms with Crippen molar-refractivity contribution in [2.24, 2.45) is 0 Å². The zero-order valence-corrected chi connectivity index (χ0v) is 18.3. The van der Waals surface area contributed by atoms with E-state index in [4.69, 9.17) is 9.15 Å². The van der Waals surface area contributed by atoms with Gasteiger partial charge in [0.1, 0.15) is 17.3 Å². The second kappa shape index (κ2) is 8.42. The molecule has 168 valence electrons. The van der Waals surface area contributed by atoms with Gasteiger partial charge in [-0.15, -0.1) is 0 Å². The summed E-state index contributed by atoms with van der Waals surface area (Å²) in [6.45, 7) is 3.88. The quantitative estimate of drug-likeness (QED) is 0.467. The largest absolute Gasteiger partial charge is 0.491 e. The summed E-state index contributed by atoms with van der Waals surface area (Å²) < 4.78 is 12.5. The third kappa shape index (κ3) is 4.17. The summed E-state index contributed by atoms with van der Waals surface area (Å²) in [6.07, 6.45) is 3.94. The molecule has 9 heteroatoms. The van der Waals surface area contributed by atoms with Crippen LogP contribution in [0.2, 0.25) is 0 Å². The molecule has 0 saturated carbocycles. The number of aromatic nitrogens is 4. The average Bonchev–Trinajstić information content (AvgIpc) is 3.54. The number of fused-ring (bicyclic) bond motifs is 1. The van der Waals surface area contributed by atoms with E-state index >= 15 is 0 Å². The molecule has 0 unspecified atom stereocenters. The molecule has 0 atom stereocenters. The number of furan rings is 1. The standard InChI is InChI=1S/C24H23N5O4/c1-14(2)33-16-10-8-15(9-11-16)22(30)26-21-13-19(20-7-4-12-32-20)28-29(21)24-25-18-6-3-5-17(18)23(31)27-24/h4,7-14H,3,5-6H2,1-2H3,(H,26,30)(H,25,27,31). The van der Waals surface area contributed by atoms with Crippen LogP contribution in [0.25, 0.3) is 17.4 Å². The van der Waals surface area contributed by atoms with Gasteiger partial charge in [-0.2, -0.15) is 9.78 Å². The summed E-state index contributed by atoms with van der Waals surface area (Å²) in [5, 5.41) is 7.41. The maximum Gasteiger partial charge on any atom is 0.256 e. The van der Waals surface area contributed by atoms with Crippen LogP contribution < -0.4 is 15.6 Å². The zero-order chi connectivity index (χ0) is 22.9. The third-order valence-electron chi connectivity index (χ3n) is 5.34. The van der Waals surface area contributed by atoms with Gasteiger partial charge in [0, 0.05) is 17.2 Å². The monoisotopic (exact) mass is 445 g/mol. The van der Waals surface area contributed by atoms with Crippen molar-refractivity contribution in [2.45, 2.75) is 39.2 Å². The lowest BCUT2D eigenvalue weighted by molar-refractivity contribution is 0.102. The Kier molecular flexibility index (Phi) is 5.29. The van der Waals surface area contributed by atoms with Gasteiger partial charge in [-0.05, 0) is 69.5 Å². The molecule has 1 amide bonds. The van der Waals surface area contributed by atoms with E-state index in [-0.39, 0.29) is 23.5 Å². The van der Waals surface area contributed by atoms with Crippen molar-refractivity contribution in [3.05, 3.63) is 75.9 Å². The summed E-state index contributed by atoms with van der Waals surface area (Å²) in [5.74, 6) is 1.49. The van der Waals surface area contributed by atoms with Crippen LogP contribution in [0.1, 0.15) is 41.9 Å². The van der Waals surface area contributed by atoms with Gasteiger partial charge in [0.25, 0.3) is 11.5 Å². The van der Waals surface area contributed by atoms with E-state index in [0.29, 0.717) is 34.1 Å². The summed E-state index contributed by atoms with van der Waals surface area (Å²) in [5.41, 5.74) is 2.25. The number of rotatable bonds is 6. The minimum Gasteiger partial charge on any atom is -0.491 e. The lowest BCUT2D eigenvalue weighted by Crippen LogP contribution is -2.21. The number of benzene rings is 1. The first-order chi connectivity index (χ1) is 16.0. The molecular formula is C24H23N5O4. The van der Waals surface area contributed by atoms with Gasteiger partial charge in [0.2, 0.25) is 5.95 Å². The molecule has 0 radical (unpaired) electrons. The second-order valence-electron chi connectivity index (χ2n) is 8.12. The van der Waals surface area contributed by atoms with Crippen molar-refractivity contribution in [1.82, 2.24) is 19.7 Å². The molecule has 0 saturated heterocycles. The molecule has 3 heterocycles. The van der Waals surface area contributed by atoms with E-state index < -0.39 is 0 Å². The molecule has 1 aliphatic carbocycles. The van der Waals surface area contributed by atoms with Gasteiger partial charge in [-0.3, -0.25) is 14.6 Å². The fourth-order valence-electron chi connectivity index (χ4n) is 3.85. The topological polar surface area (TPSA) is 115 Å². The Hall–Kier alpha value is -4.14. The molecule has 1 aromatic carbocycles. The molecule has 0 aliphatic heterocycles. The van der Waals surface area contributed by atoms with Gasteiger partial charge in [-0.1, -0.05) is 0 Å². The van der Waals surface area contributed by atoms with E-state index in [1.807, 2.05) is 13.8 Å². The highest BCUT2D eigenvalue weighted by atomic mass is 16.5. The molecule has 0 bridgehead atoms. The summed E-state index contributed by atoms with van der Waals surface area (Å²) in [6, 6.07) is 12.1. The number of hydrogen-bond acceptors (Lipinski definition) is 6. The van der Waals surface area contributed by atoms with Crippen molar-refractivity contribution in [3.63, 3.8) is 0 Å². The van der Waals surface area contributed by atoms with Crippen LogP contribution in [-0.2, 0) is 12.8 Å². The number of amides is 1. The maximum atomic E-state index is 13.0. The number of ether oxygens (including phenoxy) is 1. The second-order valence-corrected chi connectivity index (χ2v) is 8.12. The number of H-pyrrole nitrogens is 1. The van der Waals surface area contributed by atoms with E-state index in [1.54, 1.807) is 48.7 Å². The van der Waals surface area contributed by atoms with Crippen LogP contribution in [0.4, 0.5) is 5.82 Å². The number of carbonyl (C=O) groups excluding carboxylic acids is 1. The van der Waals surface area contributed by atoms with Crippen molar-refractivity contribution in [3.8, 4) is 23.2 Å². The Morgan fingerprint density at radius 1 is 1.21 bits per heavy atom. The molecule has 1 aliphatic rings. The average molecular weight is 445 g/mol. The van der Waals surface area contributed by atoms with Gasteiger partial charge in [-0.25, -0.2) is 4.98 Å². The number of nitrogens with one attached hydrogen (secondary N) is 2. The summed E-state index contributed by atoms with van der Waals surface area (Å²) >= 11 is 0. The lowest BCUT2D eigenvalue weighted by Gasteiger charge is -2.11. The molecule has 0 spiro atoms. The fraction of sp³-hybridized carbons (Fsp3) is 0.250. The fourth-order valence-corrected chi connectivity index (χ4v) is 3.85. The van der Waals surface area contributed by atoms with Crippen molar-refractivity contribution >= 4 is 11.7 Å². The smallest absolute Gasteiger partial charge is 0.256 e. The molecule has 5 rings (SSSR count). The molecule has 2 N–H and O–H groups in total. The minimum absolute atomic E-state index is 0.0426. The molecule has 9 nitrogen and oxygen atoms in total. The van der Waals surface area contributed by atoms with Gasteiger partial charge >= 0.3 is 0 Å². The highest BCUT2D eigenvalue weighted by Crippen LogP contribution is 2.25. The number of hydrogen-bond donors (Lipinski definition) is 2. The molecule has 3 aromatic heterocycles. The number of aryl methyl sites for hydroxylation is 1. The predicted molar refractivity (Wildman–Crippen MR) is 122 cm³/mol. The Morgan fingerprint density at radius 3 is 2.76 bits per heavy atom. The first-order valence-electron chi connectivity index (χ1n) is 10.8. The number of aromatic amines is 1. The Bertz CT molecular complexity index is 1350. The van der Waals surface area contributed by atoms with Crippen molar-refractivity contribution in [1.29, 1.82) is 0 Å². The molecule has 0 fully saturated rings. The Balaban J connectivity index is 1.50. The number of anilines is 1. The summed E-state index contributed by atoms with van der Waals surface area (Å²) in [4.78, 5) is 32.9. The van der Waals surface area contributed by atoms with Gasteiger partial charge in [0.15, 0.2) is 5.76 Å². The highest BCUT2D eigenvalue weighted by molar-refractivity contribution is 6.04. The maximum absolute atomic E-state index is 13.0. The van der Waals surface area contributed by atoms with Gasteiger partial charge < -0.3 is 14.5 Å². The highest BCUT2D eigenvalue weighted by Gasteiger charge is 2.21. The normalized spacial score (nSPS) is 12.7. The van der Waals surface area contributed by atoms with Crippen LogP contribution in [0.3, 0.4) is 0 Å². The molecular weight excluding hydrogens is 422 g/mol. The zero-order valence-electron chi connectivity index (χ0n) is 18.3. The first kappa shape index (κ1) is 20.7. The number of nitrogens with zero attached hydrogens (tertiary/aromatic N) is 3. The predicted octanol–water partition coefficient (Wildman–Crippen LogP) is 3.74. The molecule has 4 aromatic rings. The van der Waals surface area contributed by atoms with E-state index in [2.05, 4.69) is 20.4 Å². The van der Waals surface area contributed by atoms with Crippen LogP contribution in [0.5, 0.6) is 5.75 Å². The van der Waals surface area contributed by atoms with Crippen LogP contribution >= 0.6 is 0 Å². The van der Waals surface area contributed by atoms with Crippen molar-refractivity contribution in [2.75, 3.05) is 5.32 Å². The van der Waals surface area contributed by atoms with E-state index in [0.717, 1.165) is 25.0 Å². The van der Waals surface area contributed by atoms with Gasteiger partial charge in [0.05, 0.1) is 18.1 Å². The summed E-state index contributed by atoms with van der Waals surface area (Å²) in [7, 11) is 0. The third-order valence-corrected chi connectivity index (χ3v) is 5.34. The SMILES string of the molecule is CC(C)Oc1ccc(C(=O)Nc2cc(-c3ccco3)nn2-c2nc3c(c(=O)[nH]2)CCC3)cc1. The van der Waals surface area contributed by atoms with Crippen LogP contribution in [0.15, 0.2) is 57.9 Å². The molecule has 33 heavy (non-hydrogen) atoms. The van der Waals surface area contributed by atoms with E-state index in [9.17, 15) is 9.59 Å². The van der Waals surface area contributed by atoms with Crippen LogP contribution in [-0.4, -0.2) is 31.8 Å².